The molecule has 1 aromatic heterocycles. The fourth-order valence-corrected chi connectivity index (χ4v) is 0.863. The summed E-state index contributed by atoms with van der Waals surface area (Å²) < 4.78 is 5.13. The Bertz CT molecular complexity index is 241. The summed E-state index contributed by atoms with van der Waals surface area (Å²) in [5.41, 5.74) is 0. The predicted octanol–water partition coefficient (Wildman–Crippen LogP) is 0.574. The molecule has 4 heteroatoms. The molecule has 66 valence electrons. The number of hydrogen-bond acceptors (Lipinski definition) is 2. The first kappa shape index (κ1) is 8.64. The lowest BCUT2D eigenvalue weighted by molar-refractivity contribution is 0.502. The molecule has 0 amide bonds. The zero-order valence-electron chi connectivity index (χ0n) is 7.29. The highest BCUT2D eigenvalue weighted by Gasteiger charge is 1.95. The molecular weight excluding hydrogens is 154 g/mol. The monoisotopic (exact) mass is 167 g/mol. The van der Waals surface area contributed by atoms with Crippen molar-refractivity contribution < 1.29 is 4.42 Å². The van der Waals surface area contributed by atoms with Crippen molar-refractivity contribution in [2.45, 2.75) is 6.54 Å². The van der Waals surface area contributed by atoms with Gasteiger partial charge in [0, 0.05) is 14.1 Å². The Balaban J connectivity index is 2.35. The molecule has 4 nitrogen and oxygen atoms in total. The number of guanidine groups is 1. The second-order valence-corrected chi connectivity index (χ2v) is 2.26. The summed E-state index contributed by atoms with van der Waals surface area (Å²) in [7, 11) is 3.54. The van der Waals surface area contributed by atoms with E-state index in [2.05, 4.69) is 15.6 Å². The van der Waals surface area contributed by atoms with E-state index < -0.39 is 0 Å². The van der Waals surface area contributed by atoms with Crippen LogP contribution in [0.3, 0.4) is 0 Å². The molecule has 0 bridgehead atoms. The second-order valence-electron chi connectivity index (χ2n) is 2.26. The third-order valence-corrected chi connectivity index (χ3v) is 1.47. The van der Waals surface area contributed by atoms with Gasteiger partial charge < -0.3 is 15.1 Å². The first-order valence-corrected chi connectivity index (χ1v) is 3.77. The van der Waals surface area contributed by atoms with Gasteiger partial charge in [-0.3, -0.25) is 4.99 Å². The van der Waals surface area contributed by atoms with Crippen molar-refractivity contribution in [1.29, 1.82) is 0 Å². The summed E-state index contributed by atoms with van der Waals surface area (Å²) in [6.45, 7) is 0.653. The van der Waals surface area contributed by atoms with Crippen molar-refractivity contribution in [1.82, 2.24) is 10.6 Å². The van der Waals surface area contributed by atoms with Crippen LogP contribution in [0.2, 0.25) is 0 Å². The van der Waals surface area contributed by atoms with Crippen LogP contribution in [0.15, 0.2) is 27.8 Å². The summed E-state index contributed by atoms with van der Waals surface area (Å²) in [6, 6.07) is 3.77. The van der Waals surface area contributed by atoms with Crippen LogP contribution in [-0.4, -0.2) is 20.1 Å². The Kier molecular flexibility index (Phi) is 3.19. The number of nitrogens with one attached hydrogen (secondary N) is 2. The Morgan fingerprint density at radius 3 is 3.00 bits per heavy atom. The van der Waals surface area contributed by atoms with Gasteiger partial charge in [-0.15, -0.1) is 0 Å². The molecule has 0 aliphatic heterocycles. The summed E-state index contributed by atoms with van der Waals surface area (Å²) in [4.78, 5) is 3.96. The van der Waals surface area contributed by atoms with Crippen LogP contribution >= 0.6 is 0 Å². The Morgan fingerprint density at radius 2 is 2.50 bits per heavy atom. The number of hydrogen-bond donors (Lipinski definition) is 2. The van der Waals surface area contributed by atoms with Gasteiger partial charge in [0.15, 0.2) is 5.96 Å². The lowest BCUT2D eigenvalue weighted by Crippen LogP contribution is -2.33. The van der Waals surface area contributed by atoms with E-state index in [1.54, 1.807) is 13.3 Å². The summed E-state index contributed by atoms with van der Waals surface area (Å²) >= 11 is 0. The largest absolute Gasteiger partial charge is 0.467 e. The van der Waals surface area contributed by atoms with Crippen molar-refractivity contribution in [3.05, 3.63) is 24.2 Å². The molecule has 0 radical (unpaired) electrons. The van der Waals surface area contributed by atoms with E-state index in [4.69, 9.17) is 4.42 Å². The Morgan fingerprint density at radius 1 is 1.67 bits per heavy atom. The van der Waals surface area contributed by atoms with E-state index in [1.807, 2.05) is 19.2 Å². The standard InChI is InChI=1S/C8H13N3O/c1-9-8(10-2)11-6-7-4-3-5-12-7/h3-5H,6H2,1-2H3,(H2,9,10,11). The topological polar surface area (TPSA) is 49.6 Å². The minimum atomic E-state index is 0.653. The number of nitrogens with zero attached hydrogens (tertiary/aromatic N) is 1. The molecule has 0 aromatic carbocycles. The first-order chi connectivity index (χ1) is 5.86. The van der Waals surface area contributed by atoms with Crippen molar-refractivity contribution in [2.75, 3.05) is 14.1 Å². The fourth-order valence-electron chi connectivity index (χ4n) is 0.863. The molecule has 0 spiro atoms. The van der Waals surface area contributed by atoms with Gasteiger partial charge in [-0.1, -0.05) is 0 Å². The molecule has 0 saturated heterocycles. The van der Waals surface area contributed by atoms with Crippen molar-refractivity contribution >= 4 is 5.96 Å². The summed E-state index contributed by atoms with van der Waals surface area (Å²) in [5.74, 6) is 1.65. The molecule has 1 aromatic rings. The quantitative estimate of drug-likeness (QED) is 0.500. The number of rotatable bonds is 2. The van der Waals surface area contributed by atoms with Gasteiger partial charge in [0.05, 0.1) is 12.8 Å². The van der Waals surface area contributed by atoms with Crippen LogP contribution in [0.4, 0.5) is 0 Å². The van der Waals surface area contributed by atoms with Crippen molar-refractivity contribution in [3.8, 4) is 0 Å². The third kappa shape index (κ3) is 2.30. The molecule has 1 rings (SSSR count). The zero-order valence-corrected chi connectivity index (χ0v) is 7.29. The molecule has 0 unspecified atom stereocenters. The van der Waals surface area contributed by atoms with E-state index in [9.17, 15) is 0 Å². The minimum Gasteiger partial charge on any atom is -0.467 e. The lowest BCUT2D eigenvalue weighted by Gasteiger charge is -2.05. The van der Waals surface area contributed by atoms with E-state index in [0.29, 0.717) is 6.54 Å². The third-order valence-electron chi connectivity index (χ3n) is 1.47. The van der Waals surface area contributed by atoms with Crippen LogP contribution in [-0.2, 0) is 6.54 Å². The second kappa shape index (κ2) is 4.43. The predicted molar refractivity (Wildman–Crippen MR) is 48.0 cm³/mol. The van der Waals surface area contributed by atoms with Gasteiger partial charge in [-0.05, 0) is 12.1 Å². The van der Waals surface area contributed by atoms with Gasteiger partial charge in [0.1, 0.15) is 5.76 Å². The zero-order chi connectivity index (χ0) is 8.81. The van der Waals surface area contributed by atoms with Crippen molar-refractivity contribution in [2.24, 2.45) is 4.99 Å². The Labute approximate surface area is 71.7 Å². The highest BCUT2D eigenvalue weighted by Crippen LogP contribution is 1.97. The highest BCUT2D eigenvalue weighted by atomic mass is 16.3. The van der Waals surface area contributed by atoms with Gasteiger partial charge in [0.25, 0.3) is 0 Å². The molecule has 12 heavy (non-hydrogen) atoms. The van der Waals surface area contributed by atoms with Gasteiger partial charge in [0.2, 0.25) is 0 Å². The molecule has 2 N–H and O–H groups in total. The first-order valence-electron chi connectivity index (χ1n) is 3.77. The number of furan rings is 1. The van der Waals surface area contributed by atoms with E-state index in [1.165, 1.54) is 0 Å². The Hall–Kier alpha value is -1.45. The maximum Gasteiger partial charge on any atom is 0.191 e. The molecule has 0 fully saturated rings. The highest BCUT2D eigenvalue weighted by molar-refractivity contribution is 5.79. The smallest absolute Gasteiger partial charge is 0.191 e. The fraction of sp³-hybridized carbons (Fsp3) is 0.375. The van der Waals surface area contributed by atoms with Crippen LogP contribution in [0.25, 0.3) is 0 Å². The average Bonchev–Trinajstić information content (AvgIpc) is 2.59. The van der Waals surface area contributed by atoms with Crippen LogP contribution in [0.5, 0.6) is 0 Å². The van der Waals surface area contributed by atoms with Gasteiger partial charge >= 0.3 is 0 Å². The lowest BCUT2D eigenvalue weighted by atomic mass is 10.4. The number of aliphatic imine (C=N–C) groups is 1. The SMILES string of the molecule is CN=C(NC)NCc1ccco1. The van der Waals surface area contributed by atoms with Crippen molar-refractivity contribution in [3.63, 3.8) is 0 Å². The molecule has 0 aliphatic rings. The molecule has 0 aliphatic carbocycles. The summed E-state index contributed by atoms with van der Waals surface area (Å²) in [5, 5.41) is 5.98. The average molecular weight is 167 g/mol. The van der Waals surface area contributed by atoms with E-state index >= 15 is 0 Å². The van der Waals surface area contributed by atoms with Gasteiger partial charge in [-0.25, -0.2) is 0 Å². The van der Waals surface area contributed by atoms with Crippen LogP contribution < -0.4 is 10.6 Å². The van der Waals surface area contributed by atoms with E-state index in [-0.39, 0.29) is 0 Å². The normalized spacial score (nSPS) is 11.3. The van der Waals surface area contributed by atoms with Gasteiger partial charge in [-0.2, -0.15) is 0 Å². The molecule has 1 heterocycles. The molecular formula is C8H13N3O. The summed E-state index contributed by atoms with van der Waals surface area (Å²) in [6.07, 6.45) is 1.65. The molecule has 0 saturated carbocycles. The van der Waals surface area contributed by atoms with Crippen LogP contribution in [0, 0.1) is 0 Å². The maximum atomic E-state index is 5.13. The molecule has 0 atom stereocenters. The minimum absolute atomic E-state index is 0.653. The van der Waals surface area contributed by atoms with Crippen LogP contribution in [0.1, 0.15) is 5.76 Å². The maximum absolute atomic E-state index is 5.13. The van der Waals surface area contributed by atoms with E-state index in [0.717, 1.165) is 11.7 Å².